The second-order valence-corrected chi connectivity index (χ2v) is 7.72. The number of guanidine groups is 1. The Morgan fingerprint density at radius 2 is 2.05 bits per heavy atom. The van der Waals surface area contributed by atoms with Gasteiger partial charge < -0.3 is 10.6 Å². The summed E-state index contributed by atoms with van der Waals surface area (Å²) in [6, 6.07) is 11.5. The molecule has 0 amide bonds. The highest BCUT2D eigenvalue weighted by Gasteiger charge is 2.44. The largest absolute Gasteiger partial charge is 0.356 e. The van der Waals surface area contributed by atoms with Crippen LogP contribution in [0.3, 0.4) is 0 Å². The molecule has 3 nitrogen and oxygen atoms in total. The topological polar surface area (TPSA) is 36.4 Å². The lowest BCUT2D eigenvalue weighted by atomic mass is 9.96. The van der Waals surface area contributed by atoms with Gasteiger partial charge in [0.15, 0.2) is 5.96 Å². The molecule has 4 heteroatoms. The summed E-state index contributed by atoms with van der Waals surface area (Å²) in [4.78, 5) is 4.41. The van der Waals surface area contributed by atoms with E-state index in [0.717, 1.165) is 17.8 Å². The van der Waals surface area contributed by atoms with Crippen LogP contribution in [0.25, 0.3) is 0 Å². The lowest BCUT2D eigenvalue weighted by molar-refractivity contribution is 0.594. The first-order valence-corrected chi connectivity index (χ1v) is 9.60. The van der Waals surface area contributed by atoms with Gasteiger partial charge in [-0.1, -0.05) is 30.3 Å². The Morgan fingerprint density at radius 1 is 1.27 bits per heavy atom. The van der Waals surface area contributed by atoms with E-state index >= 15 is 0 Å². The van der Waals surface area contributed by atoms with Crippen LogP contribution in [0.4, 0.5) is 0 Å². The third-order valence-corrected chi connectivity index (χ3v) is 6.21. The molecule has 120 valence electrons. The molecule has 2 aliphatic carbocycles. The number of rotatable bonds is 5. The minimum absolute atomic E-state index is 0.330. The summed E-state index contributed by atoms with van der Waals surface area (Å²) in [5, 5.41) is 7.98. The van der Waals surface area contributed by atoms with Gasteiger partial charge in [0.05, 0.1) is 0 Å². The lowest BCUT2D eigenvalue weighted by Crippen LogP contribution is -2.45. The number of aliphatic imine (C=N–C) groups is 1. The smallest absolute Gasteiger partial charge is 0.191 e. The zero-order chi connectivity index (χ0) is 15.4. The van der Waals surface area contributed by atoms with E-state index in [4.69, 9.17) is 0 Å². The van der Waals surface area contributed by atoms with Crippen LogP contribution in [0.15, 0.2) is 35.3 Å². The van der Waals surface area contributed by atoms with Crippen LogP contribution in [0.5, 0.6) is 0 Å². The first kappa shape index (κ1) is 15.7. The normalized spacial score (nSPS) is 26.7. The number of nitrogens with one attached hydrogen (secondary N) is 2. The fraction of sp³-hybridized carbons (Fsp3) is 0.611. The van der Waals surface area contributed by atoms with Crippen LogP contribution in [-0.4, -0.2) is 37.1 Å². The molecule has 2 N–H and O–H groups in total. The number of thioether (sulfide) groups is 1. The molecule has 1 aromatic carbocycles. The maximum absolute atomic E-state index is 4.41. The first-order valence-electron chi connectivity index (χ1n) is 8.31. The van der Waals surface area contributed by atoms with E-state index in [9.17, 15) is 0 Å². The van der Waals surface area contributed by atoms with Crippen molar-refractivity contribution in [2.45, 2.75) is 48.8 Å². The molecule has 0 aromatic heterocycles. The van der Waals surface area contributed by atoms with Gasteiger partial charge in [-0.05, 0) is 43.9 Å². The second-order valence-electron chi connectivity index (χ2n) is 6.58. The molecular weight excluding hydrogens is 290 g/mol. The fourth-order valence-corrected chi connectivity index (χ4v) is 4.23. The molecular formula is C18H27N3S. The van der Waals surface area contributed by atoms with E-state index in [1.54, 1.807) is 0 Å². The summed E-state index contributed by atoms with van der Waals surface area (Å²) >= 11 is 2.00. The Bertz CT molecular complexity index is 510. The predicted molar refractivity (Wildman–Crippen MR) is 96.8 cm³/mol. The average Bonchev–Trinajstić information content (AvgIpc) is 3.23. The van der Waals surface area contributed by atoms with Crippen molar-refractivity contribution in [2.75, 3.05) is 19.8 Å². The van der Waals surface area contributed by atoms with Crippen molar-refractivity contribution in [1.82, 2.24) is 10.6 Å². The van der Waals surface area contributed by atoms with E-state index < -0.39 is 0 Å². The highest BCUT2D eigenvalue weighted by atomic mass is 32.2. The Morgan fingerprint density at radius 3 is 2.64 bits per heavy atom. The SMILES string of the molecule is CN=C(NCC1(c2ccccc2)CC1)NC1CCC(SC)C1. The van der Waals surface area contributed by atoms with Crippen molar-refractivity contribution in [3.63, 3.8) is 0 Å². The molecule has 0 aliphatic heterocycles. The van der Waals surface area contributed by atoms with Gasteiger partial charge in [0.2, 0.25) is 0 Å². The monoisotopic (exact) mass is 317 g/mol. The molecule has 2 aliphatic rings. The minimum Gasteiger partial charge on any atom is -0.356 e. The summed E-state index contributed by atoms with van der Waals surface area (Å²) in [5.41, 5.74) is 1.79. The molecule has 2 saturated carbocycles. The van der Waals surface area contributed by atoms with E-state index in [2.05, 4.69) is 52.2 Å². The lowest BCUT2D eigenvalue weighted by Gasteiger charge is -2.21. The molecule has 2 atom stereocenters. The maximum atomic E-state index is 4.41. The van der Waals surface area contributed by atoms with Crippen LogP contribution in [0, 0.1) is 0 Å². The maximum Gasteiger partial charge on any atom is 0.191 e. The molecule has 0 bridgehead atoms. The van der Waals surface area contributed by atoms with E-state index in [1.165, 1.54) is 37.7 Å². The van der Waals surface area contributed by atoms with Crippen molar-refractivity contribution in [2.24, 2.45) is 4.99 Å². The Hall–Kier alpha value is -1.16. The quantitative estimate of drug-likeness (QED) is 0.647. The summed E-state index contributed by atoms with van der Waals surface area (Å²) in [6.45, 7) is 0.982. The van der Waals surface area contributed by atoms with Crippen LogP contribution in [-0.2, 0) is 5.41 Å². The summed E-state index contributed by atoms with van der Waals surface area (Å²) in [5.74, 6) is 0.967. The van der Waals surface area contributed by atoms with Crippen LogP contribution in [0.2, 0.25) is 0 Å². The fourth-order valence-electron chi connectivity index (χ4n) is 3.44. The van der Waals surface area contributed by atoms with Gasteiger partial charge in [0.1, 0.15) is 0 Å². The number of hydrogen-bond acceptors (Lipinski definition) is 2. The van der Waals surface area contributed by atoms with Crippen molar-refractivity contribution in [1.29, 1.82) is 0 Å². The molecule has 0 radical (unpaired) electrons. The standard InChI is InChI=1S/C18H27N3S/c1-19-17(21-15-8-9-16(12-15)22-2)20-13-18(10-11-18)14-6-4-3-5-7-14/h3-7,15-16H,8-13H2,1-2H3,(H2,19,20,21). The summed E-state index contributed by atoms with van der Waals surface area (Å²) in [7, 11) is 1.87. The highest BCUT2D eigenvalue weighted by molar-refractivity contribution is 7.99. The first-order chi connectivity index (χ1) is 10.8. The molecule has 0 saturated heterocycles. The van der Waals surface area contributed by atoms with E-state index in [0.29, 0.717) is 11.5 Å². The molecule has 3 rings (SSSR count). The van der Waals surface area contributed by atoms with Crippen molar-refractivity contribution in [3.8, 4) is 0 Å². The highest BCUT2D eigenvalue weighted by Crippen LogP contribution is 2.47. The molecule has 1 aromatic rings. The molecule has 0 spiro atoms. The molecule has 0 heterocycles. The summed E-state index contributed by atoms with van der Waals surface area (Å²) < 4.78 is 0. The zero-order valence-electron chi connectivity index (χ0n) is 13.6. The third kappa shape index (κ3) is 3.60. The zero-order valence-corrected chi connectivity index (χ0v) is 14.5. The summed E-state index contributed by atoms with van der Waals surface area (Å²) in [6.07, 6.45) is 8.61. The van der Waals surface area contributed by atoms with Crippen LogP contribution >= 0.6 is 11.8 Å². The molecule has 22 heavy (non-hydrogen) atoms. The van der Waals surface area contributed by atoms with Crippen molar-refractivity contribution >= 4 is 17.7 Å². The average molecular weight is 318 g/mol. The molecule has 2 unspecified atom stereocenters. The Kier molecular flexibility index (Phi) is 4.97. The predicted octanol–water partition coefficient (Wildman–Crippen LogP) is 3.17. The third-order valence-electron chi connectivity index (χ3n) is 5.12. The van der Waals surface area contributed by atoms with Gasteiger partial charge >= 0.3 is 0 Å². The Balaban J connectivity index is 1.52. The Labute approximate surface area is 138 Å². The van der Waals surface area contributed by atoms with Crippen LogP contribution in [0.1, 0.15) is 37.7 Å². The van der Waals surface area contributed by atoms with Gasteiger partial charge in [0.25, 0.3) is 0 Å². The van der Waals surface area contributed by atoms with Gasteiger partial charge in [-0.25, -0.2) is 0 Å². The van der Waals surface area contributed by atoms with Gasteiger partial charge in [-0.2, -0.15) is 11.8 Å². The number of benzene rings is 1. The van der Waals surface area contributed by atoms with Gasteiger partial charge in [-0.3, -0.25) is 4.99 Å². The second kappa shape index (κ2) is 6.95. The van der Waals surface area contributed by atoms with Gasteiger partial charge in [0, 0.05) is 30.3 Å². The van der Waals surface area contributed by atoms with E-state index in [1.807, 2.05) is 18.8 Å². The molecule has 2 fully saturated rings. The van der Waals surface area contributed by atoms with Crippen molar-refractivity contribution < 1.29 is 0 Å². The number of hydrogen-bond donors (Lipinski definition) is 2. The van der Waals surface area contributed by atoms with E-state index in [-0.39, 0.29) is 0 Å². The minimum atomic E-state index is 0.330. The van der Waals surface area contributed by atoms with Gasteiger partial charge in [-0.15, -0.1) is 0 Å². The number of nitrogens with zero attached hydrogens (tertiary/aromatic N) is 1. The van der Waals surface area contributed by atoms with Crippen molar-refractivity contribution in [3.05, 3.63) is 35.9 Å². The van der Waals surface area contributed by atoms with Crippen LogP contribution < -0.4 is 10.6 Å².